The zero-order valence-electron chi connectivity index (χ0n) is 26.4. The van der Waals surface area contributed by atoms with Crippen LogP contribution in [0.2, 0.25) is 12.1 Å². The van der Waals surface area contributed by atoms with Crippen molar-refractivity contribution in [1.29, 1.82) is 0 Å². The van der Waals surface area contributed by atoms with Crippen LogP contribution in [-0.2, 0) is 36.6 Å². The molecule has 0 spiro atoms. The highest BCUT2D eigenvalue weighted by Crippen LogP contribution is 2.36. The van der Waals surface area contributed by atoms with E-state index in [1.54, 1.807) is 0 Å². The highest BCUT2D eigenvalue weighted by atomic mass is 28.3. The molecule has 1 aliphatic heterocycles. The van der Waals surface area contributed by atoms with Crippen LogP contribution in [0.25, 0.3) is 0 Å². The third-order valence-electron chi connectivity index (χ3n) is 8.26. The van der Waals surface area contributed by atoms with E-state index in [2.05, 4.69) is 38.8 Å². The van der Waals surface area contributed by atoms with Crippen LogP contribution in [0.5, 0.6) is 0 Å². The largest absolute Gasteiger partial charge is 0.460 e. The number of carbonyl (C=O) groups excluding carboxylic acids is 1. The van der Waals surface area contributed by atoms with Crippen LogP contribution in [0.3, 0.4) is 0 Å². The van der Waals surface area contributed by atoms with Crippen molar-refractivity contribution in [3.8, 4) is 0 Å². The van der Waals surface area contributed by atoms with E-state index in [-0.39, 0.29) is 42.9 Å². The van der Waals surface area contributed by atoms with Crippen molar-refractivity contribution in [1.82, 2.24) is 0 Å². The summed E-state index contributed by atoms with van der Waals surface area (Å²) in [5.41, 5.74) is 1.35. The molecule has 0 saturated carbocycles. The molecule has 2 aromatic carbocycles. The molecule has 2 aromatic rings. The van der Waals surface area contributed by atoms with Gasteiger partial charge in [-0.05, 0) is 75.1 Å². The lowest BCUT2D eigenvalue weighted by Gasteiger charge is -2.40. The highest BCUT2D eigenvalue weighted by Gasteiger charge is 2.42. The number of rotatable bonds is 19. The van der Waals surface area contributed by atoms with Crippen molar-refractivity contribution in [3.05, 3.63) is 110 Å². The van der Waals surface area contributed by atoms with E-state index in [0.717, 1.165) is 55.3 Å². The molecule has 6 heteroatoms. The first-order valence-electron chi connectivity index (χ1n) is 15.6. The van der Waals surface area contributed by atoms with Gasteiger partial charge < -0.3 is 18.6 Å². The van der Waals surface area contributed by atoms with Crippen LogP contribution in [0.4, 0.5) is 0 Å². The number of benzene rings is 2. The normalized spacial score (nSPS) is 19.3. The summed E-state index contributed by atoms with van der Waals surface area (Å²) in [6, 6.07) is 21.8. The van der Waals surface area contributed by atoms with Crippen molar-refractivity contribution in [2.75, 3.05) is 0 Å². The molecule has 5 atom stereocenters. The lowest BCUT2D eigenvalue weighted by molar-refractivity contribution is -0.175. The third-order valence-corrected chi connectivity index (χ3v) is 10.4. The molecular weight excluding hydrogens is 552 g/mol. The van der Waals surface area contributed by atoms with Gasteiger partial charge in [-0.25, -0.2) is 0 Å². The van der Waals surface area contributed by atoms with E-state index in [1.807, 2.05) is 80.6 Å². The van der Waals surface area contributed by atoms with Gasteiger partial charge >= 0.3 is 5.97 Å². The molecule has 0 unspecified atom stereocenters. The molecule has 1 saturated heterocycles. The van der Waals surface area contributed by atoms with Gasteiger partial charge in [0.25, 0.3) is 0 Å². The molecular formula is C37H51O5Si. The number of hydrogen-bond donors (Lipinski definition) is 0. The fraction of sp³-hybridized carbons (Fsp3) is 0.486. The first-order valence-corrected chi connectivity index (χ1v) is 17.5. The molecule has 0 bridgehead atoms. The molecule has 1 fully saturated rings. The van der Waals surface area contributed by atoms with E-state index >= 15 is 0 Å². The molecule has 1 aliphatic rings. The zero-order valence-corrected chi connectivity index (χ0v) is 27.4. The fourth-order valence-electron chi connectivity index (χ4n) is 5.45. The summed E-state index contributed by atoms with van der Waals surface area (Å²) >= 11 is 0. The molecule has 233 valence electrons. The highest BCUT2D eigenvalue weighted by molar-refractivity contribution is 6.53. The van der Waals surface area contributed by atoms with E-state index in [9.17, 15) is 4.79 Å². The minimum Gasteiger partial charge on any atom is -0.460 e. The monoisotopic (exact) mass is 603 g/mol. The van der Waals surface area contributed by atoms with E-state index in [1.165, 1.54) is 0 Å². The van der Waals surface area contributed by atoms with Gasteiger partial charge in [0.15, 0.2) is 0 Å². The third kappa shape index (κ3) is 11.3. The van der Waals surface area contributed by atoms with Crippen molar-refractivity contribution >= 4 is 15.0 Å². The quantitative estimate of drug-likeness (QED) is 0.0914. The predicted molar refractivity (Wildman–Crippen MR) is 177 cm³/mol. The topological polar surface area (TPSA) is 54.0 Å². The summed E-state index contributed by atoms with van der Waals surface area (Å²) in [6.07, 6.45) is 9.71. The van der Waals surface area contributed by atoms with Gasteiger partial charge in [0, 0.05) is 0 Å². The molecule has 1 radical (unpaired) electrons. The molecule has 0 aliphatic carbocycles. The summed E-state index contributed by atoms with van der Waals surface area (Å²) in [4.78, 5) is 13.2. The SMILES string of the molecule is C=CC[Si](CC=C)O[C@H](C[C@@H](C[C@@H]1CCC[C@H](C(C)(C)C(=O)OCc2ccccc2)O1)OCc1ccccc1)[C@@H](C)C=C. The maximum atomic E-state index is 13.2. The van der Waals surface area contributed by atoms with Crippen LogP contribution in [0.15, 0.2) is 98.6 Å². The first kappa shape index (κ1) is 34.7. The van der Waals surface area contributed by atoms with Gasteiger partial charge in [-0.3, -0.25) is 4.79 Å². The fourth-order valence-corrected chi connectivity index (χ4v) is 7.20. The Hall–Kier alpha value is -2.77. The Morgan fingerprint density at radius 2 is 1.58 bits per heavy atom. The Kier molecular flexibility index (Phi) is 14.6. The molecule has 1 heterocycles. The van der Waals surface area contributed by atoms with Gasteiger partial charge in [0.05, 0.1) is 36.4 Å². The summed E-state index contributed by atoms with van der Waals surface area (Å²) < 4.78 is 25.7. The molecule has 0 N–H and O–H groups in total. The molecule has 3 rings (SSSR count). The molecule has 43 heavy (non-hydrogen) atoms. The Labute approximate surface area is 261 Å². The summed E-state index contributed by atoms with van der Waals surface area (Å²) in [7, 11) is -1.13. The first-order chi connectivity index (χ1) is 20.8. The van der Waals surface area contributed by atoms with Gasteiger partial charge in [0.2, 0.25) is 9.04 Å². The second-order valence-electron chi connectivity index (χ2n) is 12.1. The van der Waals surface area contributed by atoms with Crippen LogP contribution in [-0.4, -0.2) is 39.4 Å². The van der Waals surface area contributed by atoms with Gasteiger partial charge in [-0.2, -0.15) is 0 Å². The van der Waals surface area contributed by atoms with Crippen molar-refractivity contribution in [2.24, 2.45) is 11.3 Å². The smallest absolute Gasteiger partial charge is 0.314 e. The van der Waals surface area contributed by atoms with Gasteiger partial charge in [0.1, 0.15) is 6.61 Å². The molecule has 0 aromatic heterocycles. The van der Waals surface area contributed by atoms with Crippen molar-refractivity contribution < 1.29 is 23.4 Å². The molecule has 5 nitrogen and oxygen atoms in total. The maximum absolute atomic E-state index is 13.2. The minimum absolute atomic E-state index is 0.0217. The Bertz CT molecular complexity index is 1110. The zero-order chi connectivity index (χ0) is 31.1. The van der Waals surface area contributed by atoms with Gasteiger partial charge in [-0.1, -0.05) is 85.8 Å². The Morgan fingerprint density at radius 3 is 2.16 bits per heavy atom. The Balaban J connectivity index is 1.71. The number of carbonyl (C=O) groups is 1. The summed E-state index contributed by atoms with van der Waals surface area (Å²) in [6.45, 7) is 18.8. The van der Waals surface area contributed by atoms with Crippen LogP contribution in [0, 0.1) is 11.3 Å². The second kappa shape index (κ2) is 18.1. The van der Waals surface area contributed by atoms with Crippen molar-refractivity contribution in [2.45, 2.75) is 103 Å². The van der Waals surface area contributed by atoms with E-state index in [0.29, 0.717) is 6.61 Å². The standard InChI is InChI=1S/C37H51O5Si/c1-7-23-43(24-8-2)42-34(29(4)9-3)26-33(39-27-30-17-12-10-13-18-30)25-32-21-16-22-35(41-32)37(5,6)36(38)40-28-31-19-14-11-15-20-31/h7-15,17-20,29,32-35H,1-3,16,21-28H2,4-6H3/t29-,32-,33+,34+,35+/m0/s1. The maximum Gasteiger partial charge on any atom is 0.314 e. The summed E-state index contributed by atoms with van der Waals surface area (Å²) in [5.74, 6) is -0.0675. The minimum atomic E-state index is -1.13. The number of ether oxygens (including phenoxy) is 3. The number of hydrogen-bond acceptors (Lipinski definition) is 5. The summed E-state index contributed by atoms with van der Waals surface area (Å²) in [5, 5.41) is 0. The van der Waals surface area contributed by atoms with E-state index < -0.39 is 14.5 Å². The second-order valence-corrected chi connectivity index (χ2v) is 14.3. The van der Waals surface area contributed by atoms with Gasteiger partial charge in [-0.15, -0.1) is 19.7 Å². The predicted octanol–water partition coefficient (Wildman–Crippen LogP) is 8.63. The van der Waals surface area contributed by atoms with Crippen molar-refractivity contribution in [3.63, 3.8) is 0 Å². The molecule has 0 amide bonds. The lowest BCUT2D eigenvalue weighted by Crippen LogP contribution is -2.45. The Morgan fingerprint density at radius 1 is 0.977 bits per heavy atom. The van der Waals surface area contributed by atoms with Crippen LogP contribution in [0.1, 0.15) is 64.0 Å². The average Bonchev–Trinajstić information content (AvgIpc) is 3.03. The van der Waals surface area contributed by atoms with Crippen LogP contribution < -0.4 is 0 Å². The number of allylic oxidation sites excluding steroid dienone is 2. The van der Waals surface area contributed by atoms with Crippen LogP contribution >= 0.6 is 0 Å². The average molecular weight is 604 g/mol. The number of esters is 1. The van der Waals surface area contributed by atoms with E-state index in [4.69, 9.17) is 18.6 Å². The lowest BCUT2D eigenvalue weighted by atomic mass is 9.81.